The summed E-state index contributed by atoms with van der Waals surface area (Å²) >= 11 is 0. The molecule has 2 aromatic rings. The van der Waals surface area contributed by atoms with Gasteiger partial charge in [0.25, 0.3) is 0 Å². The monoisotopic (exact) mass is 366 g/mol. The zero-order chi connectivity index (χ0) is 19.1. The van der Waals surface area contributed by atoms with Gasteiger partial charge >= 0.3 is 5.97 Å². The van der Waals surface area contributed by atoms with Crippen LogP contribution in [0, 0.1) is 11.8 Å². The van der Waals surface area contributed by atoms with Crippen molar-refractivity contribution in [2.45, 2.75) is 51.6 Å². The summed E-state index contributed by atoms with van der Waals surface area (Å²) in [5.41, 5.74) is 2.28. The number of carbonyl (C=O) groups is 1. The number of hydrogen-bond donors (Lipinski definition) is 0. The van der Waals surface area contributed by atoms with Crippen molar-refractivity contribution >= 4 is 5.97 Å². The summed E-state index contributed by atoms with van der Waals surface area (Å²) in [5, 5.41) is 0. The minimum Gasteiger partial charge on any atom is -0.489 e. The number of carbonyl (C=O) groups excluding carboxylic acids is 1. The van der Waals surface area contributed by atoms with Crippen LogP contribution in [0.15, 0.2) is 54.6 Å². The maximum absolute atomic E-state index is 12.6. The van der Waals surface area contributed by atoms with E-state index in [0.717, 1.165) is 29.7 Å². The van der Waals surface area contributed by atoms with Gasteiger partial charge in [-0.25, -0.2) is 0 Å². The topological polar surface area (TPSA) is 35.5 Å². The maximum atomic E-state index is 12.6. The third-order valence-corrected chi connectivity index (χ3v) is 5.80. The van der Waals surface area contributed by atoms with Gasteiger partial charge in [-0.05, 0) is 47.9 Å². The van der Waals surface area contributed by atoms with Crippen molar-refractivity contribution in [1.29, 1.82) is 0 Å². The van der Waals surface area contributed by atoms with Crippen LogP contribution in [0.1, 0.15) is 56.1 Å². The second-order valence-electron chi connectivity index (χ2n) is 7.58. The van der Waals surface area contributed by atoms with E-state index in [2.05, 4.69) is 31.2 Å². The molecule has 1 aliphatic carbocycles. The molecular formula is C24H30O3. The first-order chi connectivity index (χ1) is 13.2. The van der Waals surface area contributed by atoms with Gasteiger partial charge in [-0.2, -0.15) is 0 Å². The van der Waals surface area contributed by atoms with Gasteiger partial charge in [0.2, 0.25) is 0 Å². The molecule has 1 saturated carbocycles. The molecule has 0 bridgehead atoms. The molecule has 1 aliphatic rings. The van der Waals surface area contributed by atoms with Crippen molar-refractivity contribution in [3.05, 3.63) is 65.7 Å². The van der Waals surface area contributed by atoms with Crippen LogP contribution in [0.5, 0.6) is 5.75 Å². The van der Waals surface area contributed by atoms with Crippen LogP contribution in [-0.4, -0.2) is 13.1 Å². The molecule has 0 amide bonds. The Bertz CT molecular complexity index is 719. The summed E-state index contributed by atoms with van der Waals surface area (Å²) in [6.07, 6.45) is 5.94. The summed E-state index contributed by atoms with van der Waals surface area (Å²) in [6.45, 7) is 2.69. The number of ether oxygens (including phenoxy) is 2. The van der Waals surface area contributed by atoms with Gasteiger partial charge in [0, 0.05) is 0 Å². The number of rotatable bonds is 7. The van der Waals surface area contributed by atoms with Crippen molar-refractivity contribution in [2.24, 2.45) is 11.8 Å². The first-order valence-electron chi connectivity index (χ1n) is 10.0. The Hall–Kier alpha value is -2.29. The number of methoxy groups -OCH3 is 1. The molecule has 0 radical (unpaired) electrons. The van der Waals surface area contributed by atoms with E-state index < -0.39 is 0 Å². The van der Waals surface area contributed by atoms with Crippen LogP contribution in [0.25, 0.3) is 0 Å². The van der Waals surface area contributed by atoms with E-state index in [1.165, 1.54) is 26.4 Å². The fourth-order valence-corrected chi connectivity index (χ4v) is 4.27. The van der Waals surface area contributed by atoms with Crippen LogP contribution >= 0.6 is 0 Å². The van der Waals surface area contributed by atoms with E-state index in [9.17, 15) is 4.79 Å². The molecule has 144 valence electrons. The summed E-state index contributed by atoms with van der Waals surface area (Å²) in [5.74, 6) is 1.20. The van der Waals surface area contributed by atoms with E-state index in [1.807, 2.05) is 30.3 Å². The smallest absolute Gasteiger partial charge is 0.309 e. The van der Waals surface area contributed by atoms with Gasteiger partial charge in [0.1, 0.15) is 12.4 Å². The Morgan fingerprint density at radius 3 is 2.48 bits per heavy atom. The van der Waals surface area contributed by atoms with Crippen molar-refractivity contribution in [3.8, 4) is 5.75 Å². The molecule has 0 heterocycles. The first kappa shape index (κ1) is 19.5. The van der Waals surface area contributed by atoms with Crippen molar-refractivity contribution in [1.82, 2.24) is 0 Å². The van der Waals surface area contributed by atoms with Gasteiger partial charge in [0.05, 0.1) is 13.0 Å². The van der Waals surface area contributed by atoms with Crippen molar-refractivity contribution in [3.63, 3.8) is 0 Å². The molecule has 27 heavy (non-hydrogen) atoms. The molecule has 0 aliphatic heterocycles. The highest BCUT2D eigenvalue weighted by molar-refractivity contribution is 5.74. The van der Waals surface area contributed by atoms with Crippen LogP contribution in [0.4, 0.5) is 0 Å². The highest BCUT2D eigenvalue weighted by Gasteiger charge is 2.35. The normalized spacial score (nSPS) is 17.1. The molecule has 2 aromatic carbocycles. The van der Waals surface area contributed by atoms with E-state index >= 15 is 0 Å². The highest BCUT2D eigenvalue weighted by atomic mass is 16.5. The fourth-order valence-electron chi connectivity index (χ4n) is 4.27. The van der Waals surface area contributed by atoms with E-state index in [0.29, 0.717) is 12.5 Å². The lowest BCUT2D eigenvalue weighted by Gasteiger charge is -2.32. The van der Waals surface area contributed by atoms with Crippen LogP contribution < -0.4 is 4.74 Å². The third kappa shape index (κ3) is 5.12. The molecule has 0 saturated heterocycles. The zero-order valence-electron chi connectivity index (χ0n) is 16.4. The second-order valence-corrected chi connectivity index (χ2v) is 7.58. The molecular weight excluding hydrogens is 336 g/mol. The lowest BCUT2D eigenvalue weighted by molar-refractivity contribution is -0.148. The molecule has 0 spiro atoms. The molecule has 0 aromatic heterocycles. The Kier molecular flexibility index (Phi) is 6.92. The van der Waals surface area contributed by atoms with E-state index in [-0.39, 0.29) is 17.8 Å². The maximum Gasteiger partial charge on any atom is 0.309 e. The van der Waals surface area contributed by atoms with Gasteiger partial charge in [-0.3, -0.25) is 4.79 Å². The summed E-state index contributed by atoms with van der Waals surface area (Å²) in [6, 6.07) is 18.3. The predicted octanol–water partition coefficient (Wildman–Crippen LogP) is 5.74. The minimum absolute atomic E-state index is 0.0787. The van der Waals surface area contributed by atoms with Gasteiger partial charge in [-0.15, -0.1) is 0 Å². The average Bonchev–Trinajstić information content (AvgIpc) is 2.74. The Morgan fingerprint density at radius 1 is 1.04 bits per heavy atom. The highest BCUT2D eigenvalue weighted by Crippen LogP contribution is 2.39. The minimum atomic E-state index is -0.0836. The summed E-state index contributed by atoms with van der Waals surface area (Å²) < 4.78 is 11.2. The number of benzene rings is 2. The summed E-state index contributed by atoms with van der Waals surface area (Å²) in [4.78, 5) is 12.6. The Morgan fingerprint density at radius 2 is 1.78 bits per heavy atom. The largest absolute Gasteiger partial charge is 0.489 e. The number of hydrogen-bond acceptors (Lipinski definition) is 3. The van der Waals surface area contributed by atoms with Crippen LogP contribution in [0.2, 0.25) is 0 Å². The molecule has 2 unspecified atom stereocenters. The Balaban J connectivity index is 1.73. The molecule has 3 heteroatoms. The third-order valence-electron chi connectivity index (χ3n) is 5.80. The molecule has 1 fully saturated rings. The van der Waals surface area contributed by atoms with E-state index in [4.69, 9.17) is 9.47 Å². The molecule has 3 rings (SSSR count). The van der Waals surface area contributed by atoms with Gasteiger partial charge in [-0.1, -0.05) is 68.7 Å². The predicted molar refractivity (Wildman–Crippen MR) is 108 cm³/mol. The number of esters is 1. The lowest BCUT2D eigenvalue weighted by Crippen LogP contribution is -2.31. The second kappa shape index (κ2) is 9.59. The standard InChI is InChI=1S/C24H30O3/c1-18(23(24(25)26-2)20-12-7-4-8-13-20)21-14-9-15-22(16-21)27-17-19-10-5-3-6-11-19/h3,5-6,9-11,14-16,18,20,23H,4,7-8,12-13,17H2,1-2H3. The van der Waals surface area contributed by atoms with Crippen LogP contribution in [-0.2, 0) is 16.1 Å². The Labute approximate surface area is 162 Å². The first-order valence-corrected chi connectivity index (χ1v) is 10.0. The fraction of sp³-hybridized carbons (Fsp3) is 0.458. The zero-order valence-corrected chi connectivity index (χ0v) is 16.4. The van der Waals surface area contributed by atoms with Gasteiger partial charge < -0.3 is 9.47 Å². The molecule has 2 atom stereocenters. The van der Waals surface area contributed by atoms with Crippen molar-refractivity contribution < 1.29 is 14.3 Å². The summed E-state index contributed by atoms with van der Waals surface area (Å²) in [7, 11) is 1.50. The van der Waals surface area contributed by atoms with Crippen LogP contribution in [0.3, 0.4) is 0 Å². The SMILES string of the molecule is COC(=O)C(C1CCCCC1)C(C)c1cccc(OCc2ccccc2)c1. The average molecular weight is 367 g/mol. The van der Waals surface area contributed by atoms with Gasteiger partial charge in [0.15, 0.2) is 0 Å². The molecule has 3 nitrogen and oxygen atoms in total. The quantitative estimate of drug-likeness (QED) is 0.586. The molecule has 0 N–H and O–H groups in total. The van der Waals surface area contributed by atoms with Crippen molar-refractivity contribution in [2.75, 3.05) is 7.11 Å². The van der Waals surface area contributed by atoms with E-state index in [1.54, 1.807) is 0 Å². The lowest BCUT2D eigenvalue weighted by atomic mass is 9.72.